The Kier molecular flexibility index (Phi) is 4.27. The third-order valence-electron chi connectivity index (χ3n) is 5.88. The molecule has 4 nitrogen and oxygen atoms in total. The largest absolute Gasteiger partial charge is 0.473 e. The van der Waals surface area contributed by atoms with Crippen LogP contribution in [0.4, 0.5) is 11.4 Å². The van der Waals surface area contributed by atoms with E-state index in [4.69, 9.17) is 9.57 Å². The Balaban J connectivity index is 1.27. The van der Waals surface area contributed by atoms with Crippen molar-refractivity contribution in [3.63, 3.8) is 0 Å². The van der Waals surface area contributed by atoms with Crippen LogP contribution in [0.2, 0.25) is 0 Å². The van der Waals surface area contributed by atoms with Crippen LogP contribution >= 0.6 is 0 Å². The molecular formula is C27H22N2O2. The van der Waals surface area contributed by atoms with E-state index in [2.05, 4.69) is 77.7 Å². The molecule has 2 heterocycles. The molecule has 0 saturated heterocycles. The molecular weight excluding hydrogens is 384 g/mol. The van der Waals surface area contributed by atoms with Crippen LogP contribution in [-0.2, 0) is 13.1 Å². The first-order chi connectivity index (χ1) is 15.3. The molecule has 2 aliphatic heterocycles. The molecule has 0 aliphatic carbocycles. The van der Waals surface area contributed by atoms with Gasteiger partial charge in [-0.15, -0.1) is 0 Å². The summed E-state index contributed by atoms with van der Waals surface area (Å²) in [6.07, 6.45) is 0. The van der Waals surface area contributed by atoms with Crippen LogP contribution in [0.1, 0.15) is 11.1 Å². The molecule has 0 fully saturated rings. The number of para-hydroxylation sites is 2. The number of rotatable bonds is 3. The molecule has 2 aliphatic rings. The molecule has 0 N–H and O–H groups in total. The highest BCUT2D eigenvalue weighted by atomic mass is 16.7. The molecule has 6 rings (SSSR count). The summed E-state index contributed by atoms with van der Waals surface area (Å²) in [5.74, 6) is 1.89. The summed E-state index contributed by atoms with van der Waals surface area (Å²) < 4.78 is 6.02. The Morgan fingerprint density at radius 2 is 1.19 bits per heavy atom. The van der Waals surface area contributed by atoms with Crippen molar-refractivity contribution in [2.24, 2.45) is 0 Å². The van der Waals surface area contributed by atoms with Crippen LogP contribution in [0.25, 0.3) is 11.1 Å². The second-order valence-electron chi connectivity index (χ2n) is 7.92. The van der Waals surface area contributed by atoms with Crippen molar-refractivity contribution < 1.29 is 9.57 Å². The zero-order valence-corrected chi connectivity index (χ0v) is 17.1. The van der Waals surface area contributed by atoms with Crippen molar-refractivity contribution in [2.75, 3.05) is 16.7 Å². The van der Waals surface area contributed by atoms with Crippen molar-refractivity contribution in [1.82, 2.24) is 0 Å². The van der Waals surface area contributed by atoms with Crippen molar-refractivity contribution >= 4 is 11.4 Å². The first-order valence-electron chi connectivity index (χ1n) is 10.5. The van der Waals surface area contributed by atoms with E-state index >= 15 is 0 Å². The van der Waals surface area contributed by atoms with Gasteiger partial charge in [-0.05, 0) is 59.7 Å². The number of benzene rings is 4. The highest BCUT2D eigenvalue weighted by Gasteiger charge is 2.23. The summed E-state index contributed by atoms with van der Waals surface area (Å²) in [6, 6.07) is 33.5. The van der Waals surface area contributed by atoms with Crippen LogP contribution in [0.5, 0.6) is 11.5 Å². The fourth-order valence-electron chi connectivity index (χ4n) is 4.24. The zero-order valence-electron chi connectivity index (χ0n) is 17.1. The molecule has 0 aromatic heterocycles. The Morgan fingerprint density at radius 1 is 0.581 bits per heavy atom. The molecule has 0 spiro atoms. The second-order valence-corrected chi connectivity index (χ2v) is 7.92. The van der Waals surface area contributed by atoms with Gasteiger partial charge in [0.1, 0.15) is 5.75 Å². The number of hydrogen-bond acceptors (Lipinski definition) is 4. The number of hydroxylamine groups is 1. The van der Waals surface area contributed by atoms with Crippen LogP contribution in [-0.4, -0.2) is 6.73 Å². The minimum Gasteiger partial charge on any atom is -0.473 e. The average Bonchev–Trinajstić information content (AvgIpc) is 3.28. The lowest BCUT2D eigenvalue weighted by Crippen LogP contribution is -2.31. The predicted octanol–water partition coefficient (Wildman–Crippen LogP) is 6.02. The predicted molar refractivity (Wildman–Crippen MR) is 123 cm³/mol. The van der Waals surface area contributed by atoms with Gasteiger partial charge in [-0.1, -0.05) is 48.5 Å². The second kappa shape index (κ2) is 7.40. The zero-order chi connectivity index (χ0) is 20.6. The summed E-state index contributed by atoms with van der Waals surface area (Å²) in [5.41, 5.74) is 7.02. The number of anilines is 2. The van der Waals surface area contributed by atoms with E-state index in [-0.39, 0.29) is 0 Å². The van der Waals surface area contributed by atoms with E-state index in [9.17, 15) is 0 Å². The van der Waals surface area contributed by atoms with Gasteiger partial charge in [0.25, 0.3) is 0 Å². The molecule has 4 aromatic rings. The van der Waals surface area contributed by atoms with Crippen LogP contribution < -0.4 is 19.5 Å². The van der Waals surface area contributed by atoms with Gasteiger partial charge < -0.3 is 14.5 Å². The summed E-state index contributed by atoms with van der Waals surface area (Å²) >= 11 is 0. The van der Waals surface area contributed by atoms with Crippen molar-refractivity contribution in [1.29, 1.82) is 0 Å². The Labute approximate surface area is 181 Å². The summed E-state index contributed by atoms with van der Waals surface area (Å²) in [5, 5.41) is 1.94. The third-order valence-corrected chi connectivity index (χ3v) is 5.88. The van der Waals surface area contributed by atoms with E-state index in [1.807, 2.05) is 29.3 Å². The quantitative estimate of drug-likeness (QED) is 0.415. The molecule has 0 atom stereocenters. The monoisotopic (exact) mass is 406 g/mol. The first kappa shape index (κ1) is 17.9. The van der Waals surface area contributed by atoms with Crippen LogP contribution in [0, 0.1) is 0 Å². The highest BCUT2D eigenvalue weighted by Crippen LogP contribution is 2.37. The highest BCUT2D eigenvalue weighted by molar-refractivity contribution is 5.69. The lowest BCUT2D eigenvalue weighted by Gasteiger charge is -2.31. The topological polar surface area (TPSA) is 24.9 Å². The lowest BCUT2D eigenvalue weighted by molar-refractivity contribution is 0.289. The normalized spacial score (nSPS) is 14.5. The van der Waals surface area contributed by atoms with Crippen LogP contribution in [0.15, 0.2) is 97.1 Å². The number of nitrogens with zero attached hydrogens (tertiary/aromatic N) is 2. The van der Waals surface area contributed by atoms with Gasteiger partial charge in [-0.2, -0.15) is 0 Å². The molecule has 31 heavy (non-hydrogen) atoms. The van der Waals surface area contributed by atoms with E-state index in [1.54, 1.807) is 0 Å². The van der Waals surface area contributed by atoms with Gasteiger partial charge in [0, 0.05) is 23.4 Å². The lowest BCUT2D eigenvalue weighted by atomic mass is 9.99. The SMILES string of the molecule is c1ccc(N2COc3ccc(-c4ccc5c(c4)CN(c4ccccc4)O5)cc3C2)cc1. The van der Waals surface area contributed by atoms with E-state index in [0.717, 1.165) is 30.3 Å². The maximum atomic E-state index is 6.04. The van der Waals surface area contributed by atoms with Gasteiger partial charge in [0.2, 0.25) is 0 Å². The van der Waals surface area contributed by atoms with Gasteiger partial charge in [-0.3, -0.25) is 0 Å². The van der Waals surface area contributed by atoms with Crippen molar-refractivity contribution in [3.8, 4) is 22.6 Å². The van der Waals surface area contributed by atoms with Gasteiger partial charge >= 0.3 is 0 Å². The molecule has 4 aromatic carbocycles. The number of ether oxygens (including phenoxy) is 1. The van der Waals surface area contributed by atoms with Gasteiger partial charge in [0.15, 0.2) is 12.5 Å². The summed E-state index contributed by atoms with van der Waals surface area (Å²) in [6.45, 7) is 2.15. The maximum Gasteiger partial charge on any atom is 0.161 e. The molecule has 0 amide bonds. The average molecular weight is 406 g/mol. The number of hydrogen-bond donors (Lipinski definition) is 0. The van der Waals surface area contributed by atoms with Gasteiger partial charge in [-0.25, -0.2) is 5.06 Å². The van der Waals surface area contributed by atoms with E-state index in [1.165, 1.54) is 27.9 Å². The Hall–Kier alpha value is -3.92. The molecule has 4 heteroatoms. The third kappa shape index (κ3) is 3.36. The smallest absolute Gasteiger partial charge is 0.161 e. The summed E-state index contributed by atoms with van der Waals surface area (Å²) in [7, 11) is 0. The van der Waals surface area contributed by atoms with E-state index < -0.39 is 0 Å². The standard InChI is InChI=1S/C27H22N2O2/c1-3-7-24(8-4-1)28-17-22-15-20(11-13-26(22)30-19-28)21-12-14-27-23(16-21)18-29(31-27)25-9-5-2-6-10-25/h1-16H,17-19H2. The molecule has 0 radical (unpaired) electrons. The first-order valence-corrected chi connectivity index (χ1v) is 10.5. The van der Waals surface area contributed by atoms with Crippen molar-refractivity contribution in [3.05, 3.63) is 108 Å². The molecule has 0 unspecified atom stereocenters. The van der Waals surface area contributed by atoms with Crippen molar-refractivity contribution in [2.45, 2.75) is 13.1 Å². The molecule has 0 bridgehead atoms. The van der Waals surface area contributed by atoms with E-state index in [0.29, 0.717) is 6.73 Å². The fourth-order valence-corrected chi connectivity index (χ4v) is 4.24. The minimum absolute atomic E-state index is 0.571. The Bertz CT molecular complexity index is 1220. The maximum absolute atomic E-state index is 6.04. The van der Waals surface area contributed by atoms with Gasteiger partial charge in [0.05, 0.1) is 12.2 Å². The van der Waals surface area contributed by atoms with Crippen LogP contribution in [0.3, 0.4) is 0 Å². The summed E-state index contributed by atoms with van der Waals surface area (Å²) in [4.78, 5) is 8.29. The Morgan fingerprint density at radius 3 is 1.90 bits per heavy atom. The number of fused-ring (bicyclic) bond motifs is 2. The molecule has 152 valence electrons. The fraction of sp³-hybridized carbons (Fsp3) is 0.111. The minimum atomic E-state index is 0.571. The molecule has 0 saturated carbocycles.